The average Bonchev–Trinajstić information content (AvgIpc) is 3.08. The number of benzene rings is 5. The number of hydrogen-bond donors (Lipinski definition) is 3. The molecule has 0 aliphatic rings. The molecular formula is C38H31Cl2N3O4S. The number of carbonyl (C=O) groups excluding carboxylic acids is 3. The maximum atomic E-state index is 13.5. The minimum absolute atomic E-state index is 0.0633. The fourth-order valence-corrected chi connectivity index (χ4v) is 6.17. The van der Waals surface area contributed by atoms with Crippen molar-refractivity contribution >= 4 is 70.1 Å². The molecule has 0 fully saturated rings. The Labute approximate surface area is 293 Å². The molecule has 0 heterocycles. The van der Waals surface area contributed by atoms with E-state index in [0.717, 1.165) is 10.5 Å². The van der Waals surface area contributed by atoms with E-state index in [-0.39, 0.29) is 11.6 Å². The van der Waals surface area contributed by atoms with Gasteiger partial charge in [-0.3, -0.25) is 14.4 Å². The molecule has 0 radical (unpaired) electrons. The maximum Gasteiger partial charge on any atom is 0.272 e. The first-order chi connectivity index (χ1) is 23.3. The molecule has 242 valence electrons. The lowest BCUT2D eigenvalue weighted by molar-refractivity contribution is -0.116. The number of ether oxygens (including phenoxy) is 1. The highest BCUT2D eigenvalue weighted by Crippen LogP contribution is 2.37. The number of nitrogens with one attached hydrogen (secondary N) is 3. The summed E-state index contributed by atoms with van der Waals surface area (Å²) >= 11 is 13.6. The first-order valence-corrected chi connectivity index (χ1v) is 16.6. The molecule has 1 atom stereocenters. The van der Waals surface area contributed by atoms with E-state index in [4.69, 9.17) is 27.9 Å². The Morgan fingerprint density at radius 2 is 1.38 bits per heavy atom. The van der Waals surface area contributed by atoms with Crippen LogP contribution in [0.3, 0.4) is 0 Å². The number of rotatable bonds is 12. The zero-order valence-electron chi connectivity index (χ0n) is 25.8. The largest absolute Gasteiger partial charge is 0.494 e. The third-order valence-corrected chi connectivity index (χ3v) is 8.57. The Hall–Kier alpha value is -5.02. The van der Waals surface area contributed by atoms with Gasteiger partial charge in [-0.15, -0.1) is 11.8 Å². The minimum Gasteiger partial charge on any atom is -0.494 e. The molecule has 0 saturated heterocycles. The summed E-state index contributed by atoms with van der Waals surface area (Å²) in [4.78, 5) is 40.8. The van der Waals surface area contributed by atoms with Crippen molar-refractivity contribution < 1.29 is 19.1 Å². The maximum absolute atomic E-state index is 13.5. The van der Waals surface area contributed by atoms with E-state index in [1.54, 1.807) is 84.9 Å². The quantitative estimate of drug-likeness (QED) is 0.0893. The molecule has 0 saturated carbocycles. The van der Waals surface area contributed by atoms with Crippen molar-refractivity contribution in [2.75, 3.05) is 17.2 Å². The molecule has 7 nitrogen and oxygen atoms in total. The second kappa shape index (κ2) is 16.7. The Bertz CT molecular complexity index is 1880. The van der Waals surface area contributed by atoms with E-state index in [0.29, 0.717) is 44.9 Å². The zero-order chi connectivity index (χ0) is 33.9. The summed E-state index contributed by atoms with van der Waals surface area (Å²) in [6, 6.07) is 37.3. The van der Waals surface area contributed by atoms with Gasteiger partial charge in [0.15, 0.2) is 0 Å². The zero-order valence-corrected chi connectivity index (χ0v) is 28.1. The van der Waals surface area contributed by atoms with Crippen LogP contribution < -0.4 is 20.7 Å². The summed E-state index contributed by atoms with van der Waals surface area (Å²) in [7, 11) is 0. The number of anilines is 2. The average molecular weight is 697 g/mol. The Kier molecular flexibility index (Phi) is 11.9. The van der Waals surface area contributed by atoms with Gasteiger partial charge < -0.3 is 20.7 Å². The van der Waals surface area contributed by atoms with E-state index >= 15 is 0 Å². The van der Waals surface area contributed by atoms with Crippen LogP contribution in [0.1, 0.15) is 33.7 Å². The highest BCUT2D eigenvalue weighted by molar-refractivity contribution is 8.00. The minimum atomic E-state index is -0.596. The second-order valence-corrected chi connectivity index (χ2v) is 12.5. The molecule has 48 heavy (non-hydrogen) atoms. The van der Waals surface area contributed by atoms with E-state index in [2.05, 4.69) is 16.0 Å². The normalized spacial score (nSPS) is 11.7. The molecule has 0 aromatic heterocycles. The molecule has 1 unspecified atom stereocenters. The van der Waals surface area contributed by atoms with Gasteiger partial charge >= 0.3 is 0 Å². The monoisotopic (exact) mass is 695 g/mol. The van der Waals surface area contributed by atoms with Crippen LogP contribution in [0.4, 0.5) is 11.4 Å². The highest BCUT2D eigenvalue weighted by Gasteiger charge is 2.23. The number of hydrogen-bond acceptors (Lipinski definition) is 5. The molecule has 0 bridgehead atoms. The van der Waals surface area contributed by atoms with Crippen LogP contribution in [0.25, 0.3) is 6.08 Å². The van der Waals surface area contributed by atoms with Crippen molar-refractivity contribution in [3.05, 3.63) is 160 Å². The lowest BCUT2D eigenvalue weighted by Crippen LogP contribution is -2.30. The molecule has 3 N–H and O–H groups in total. The SMILES string of the molecule is CCOc1ccc(/C=C(\NC(=O)c2ccccc2)C(=O)Nc2ccc(SC(C(=O)Nc3cc(Cl)cc(Cl)c3)c3ccccc3)cc2)cc1. The lowest BCUT2D eigenvalue weighted by Gasteiger charge is -2.18. The third kappa shape index (κ3) is 9.75. The summed E-state index contributed by atoms with van der Waals surface area (Å²) in [5.74, 6) is -0.469. The Morgan fingerprint density at radius 3 is 2.00 bits per heavy atom. The van der Waals surface area contributed by atoms with Gasteiger partial charge in [0.05, 0.1) is 6.61 Å². The topological polar surface area (TPSA) is 96.5 Å². The van der Waals surface area contributed by atoms with Crippen LogP contribution >= 0.6 is 35.0 Å². The van der Waals surface area contributed by atoms with Crippen LogP contribution in [0.2, 0.25) is 10.0 Å². The summed E-state index contributed by atoms with van der Waals surface area (Å²) in [5.41, 5.74) is 2.99. The highest BCUT2D eigenvalue weighted by atomic mass is 35.5. The van der Waals surface area contributed by atoms with Crippen molar-refractivity contribution in [1.29, 1.82) is 0 Å². The molecule has 10 heteroatoms. The Balaban J connectivity index is 1.33. The van der Waals surface area contributed by atoms with Gasteiger partial charge in [0.1, 0.15) is 16.7 Å². The first kappa shape index (κ1) is 34.3. The summed E-state index contributed by atoms with van der Waals surface area (Å²) < 4.78 is 5.52. The van der Waals surface area contributed by atoms with Crippen molar-refractivity contribution in [1.82, 2.24) is 5.32 Å². The van der Waals surface area contributed by atoms with E-state index < -0.39 is 17.1 Å². The number of thioether (sulfide) groups is 1. The Morgan fingerprint density at radius 1 is 0.750 bits per heavy atom. The molecule has 0 spiro atoms. The third-order valence-electron chi connectivity index (χ3n) is 6.87. The number of carbonyl (C=O) groups is 3. The van der Waals surface area contributed by atoms with Crippen molar-refractivity contribution in [2.24, 2.45) is 0 Å². The van der Waals surface area contributed by atoms with E-state index in [9.17, 15) is 14.4 Å². The summed E-state index contributed by atoms with van der Waals surface area (Å²) in [6.45, 7) is 2.43. The smallest absolute Gasteiger partial charge is 0.272 e. The molecule has 5 rings (SSSR count). The van der Waals surface area contributed by atoms with Gasteiger partial charge in [0.2, 0.25) is 5.91 Å². The van der Waals surface area contributed by atoms with Crippen LogP contribution in [0.15, 0.2) is 138 Å². The second-order valence-electron chi connectivity index (χ2n) is 10.4. The summed E-state index contributed by atoms with van der Waals surface area (Å²) in [5, 5.41) is 8.77. The predicted molar refractivity (Wildman–Crippen MR) is 195 cm³/mol. The summed E-state index contributed by atoms with van der Waals surface area (Å²) in [6.07, 6.45) is 1.60. The van der Waals surface area contributed by atoms with Crippen molar-refractivity contribution in [3.8, 4) is 5.75 Å². The van der Waals surface area contributed by atoms with Gasteiger partial charge in [0.25, 0.3) is 11.8 Å². The molecule has 0 aliphatic carbocycles. The van der Waals surface area contributed by atoms with Gasteiger partial charge in [-0.25, -0.2) is 0 Å². The van der Waals surface area contributed by atoms with E-state index in [1.165, 1.54) is 11.8 Å². The van der Waals surface area contributed by atoms with E-state index in [1.807, 2.05) is 55.5 Å². The lowest BCUT2D eigenvalue weighted by atomic mass is 10.1. The first-order valence-electron chi connectivity index (χ1n) is 15.0. The van der Waals surface area contributed by atoms with Crippen LogP contribution in [-0.4, -0.2) is 24.3 Å². The molecule has 3 amide bonds. The van der Waals surface area contributed by atoms with Gasteiger partial charge in [0, 0.05) is 31.9 Å². The van der Waals surface area contributed by atoms with Crippen LogP contribution in [0, 0.1) is 0 Å². The van der Waals surface area contributed by atoms with Gasteiger partial charge in [-0.1, -0.05) is 83.9 Å². The van der Waals surface area contributed by atoms with Crippen molar-refractivity contribution in [3.63, 3.8) is 0 Å². The van der Waals surface area contributed by atoms with Gasteiger partial charge in [-0.05, 0) is 90.9 Å². The number of halogens is 2. The predicted octanol–water partition coefficient (Wildman–Crippen LogP) is 9.27. The molecule has 0 aliphatic heterocycles. The number of amides is 3. The van der Waals surface area contributed by atoms with Crippen LogP contribution in [-0.2, 0) is 9.59 Å². The fourth-order valence-electron chi connectivity index (χ4n) is 4.62. The molecule has 5 aromatic carbocycles. The van der Waals surface area contributed by atoms with Crippen molar-refractivity contribution in [2.45, 2.75) is 17.1 Å². The van der Waals surface area contributed by atoms with Crippen LogP contribution in [0.5, 0.6) is 5.75 Å². The fraction of sp³-hybridized carbons (Fsp3) is 0.0789. The molecular weight excluding hydrogens is 665 g/mol. The van der Waals surface area contributed by atoms with Gasteiger partial charge in [-0.2, -0.15) is 0 Å². The standard InChI is InChI=1S/C38H31Cl2N3O4S/c1-2-47-32-17-13-25(14-18-32)21-34(43-36(44)27-11-7-4-8-12-27)37(45)41-30-15-19-33(20-16-30)48-35(26-9-5-3-6-10-26)38(46)42-31-23-28(39)22-29(40)24-31/h3-24,35H,2H2,1H3,(H,41,45)(H,42,46)(H,43,44)/b34-21-. The molecule has 5 aromatic rings.